The number of nitrogens with one attached hydrogen (secondary N) is 2. The zero-order valence-corrected chi connectivity index (χ0v) is 11.8. The number of hydrogen-bond donors (Lipinski definition) is 2. The first kappa shape index (κ1) is 12.8. The number of benzene rings is 1. The van der Waals surface area contributed by atoms with Crippen molar-refractivity contribution >= 4 is 29.0 Å². The third-order valence-electron chi connectivity index (χ3n) is 3.24. The molecule has 3 rings (SSSR count). The highest BCUT2D eigenvalue weighted by Crippen LogP contribution is 2.29. The molecule has 100 valence electrons. The van der Waals surface area contributed by atoms with Gasteiger partial charge < -0.3 is 10.2 Å². The highest BCUT2D eigenvalue weighted by Gasteiger charge is 2.14. The summed E-state index contributed by atoms with van der Waals surface area (Å²) >= 11 is 12.0. The smallest absolute Gasteiger partial charge is 0.151 e. The minimum Gasteiger partial charge on any atom is -0.353 e. The number of aromatic nitrogens is 2. The Morgan fingerprint density at radius 1 is 1.05 bits per heavy atom. The van der Waals surface area contributed by atoms with Crippen LogP contribution in [-0.4, -0.2) is 36.4 Å². The summed E-state index contributed by atoms with van der Waals surface area (Å²) in [6.07, 6.45) is 0. The van der Waals surface area contributed by atoms with Crippen molar-refractivity contribution in [2.24, 2.45) is 0 Å². The number of nitrogens with zero attached hydrogens (tertiary/aromatic N) is 2. The third kappa shape index (κ3) is 2.71. The second-order valence-corrected chi connectivity index (χ2v) is 5.32. The van der Waals surface area contributed by atoms with E-state index in [9.17, 15) is 0 Å². The highest BCUT2D eigenvalue weighted by atomic mass is 35.5. The molecule has 6 heteroatoms. The number of hydrogen-bond acceptors (Lipinski definition) is 3. The molecule has 0 saturated carbocycles. The minimum atomic E-state index is 0.553. The largest absolute Gasteiger partial charge is 0.353 e. The van der Waals surface area contributed by atoms with E-state index in [-0.39, 0.29) is 0 Å². The van der Waals surface area contributed by atoms with Gasteiger partial charge in [0.2, 0.25) is 0 Å². The van der Waals surface area contributed by atoms with Gasteiger partial charge in [0, 0.05) is 37.8 Å². The number of rotatable bonds is 2. The van der Waals surface area contributed by atoms with Crippen molar-refractivity contribution in [3.63, 3.8) is 0 Å². The lowest BCUT2D eigenvalue weighted by Gasteiger charge is -2.26. The SMILES string of the molecule is Clc1ccc(-c2cc(N3CCNCC3)n[nH]2)cc1Cl. The van der Waals surface area contributed by atoms with Gasteiger partial charge in [-0.3, -0.25) is 5.10 Å². The van der Waals surface area contributed by atoms with Crippen LogP contribution in [0.3, 0.4) is 0 Å². The summed E-state index contributed by atoms with van der Waals surface area (Å²) in [4.78, 5) is 2.26. The maximum absolute atomic E-state index is 6.03. The van der Waals surface area contributed by atoms with Crippen molar-refractivity contribution in [2.75, 3.05) is 31.1 Å². The van der Waals surface area contributed by atoms with Crippen LogP contribution in [0.1, 0.15) is 0 Å². The van der Waals surface area contributed by atoms with Crippen LogP contribution in [0.25, 0.3) is 11.3 Å². The van der Waals surface area contributed by atoms with Crippen LogP contribution in [0.15, 0.2) is 24.3 Å². The van der Waals surface area contributed by atoms with Crippen LogP contribution in [0.5, 0.6) is 0 Å². The summed E-state index contributed by atoms with van der Waals surface area (Å²) in [6, 6.07) is 7.62. The summed E-state index contributed by atoms with van der Waals surface area (Å²) in [7, 11) is 0. The first-order valence-corrected chi connectivity index (χ1v) is 6.96. The van der Waals surface area contributed by atoms with Crippen molar-refractivity contribution < 1.29 is 0 Å². The maximum atomic E-state index is 6.03. The van der Waals surface area contributed by atoms with E-state index in [1.807, 2.05) is 18.2 Å². The Labute approximate surface area is 121 Å². The molecule has 0 amide bonds. The zero-order chi connectivity index (χ0) is 13.2. The van der Waals surface area contributed by atoms with Crippen LogP contribution < -0.4 is 10.2 Å². The molecule has 1 aliphatic heterocycles. The van der Waals surface area contributed by atoms with Crippen molar-refractivity contribution in [1.82, 2.24) is 15.5 Å². The lowest BCUT2D eigenvalue weighted by Crippen LogP contribution is -2.43. The summed E-state index contributed by atoms with van der Waals surface area (Å²) < 4.78 is 0. The van der Waals surface area contributed by atoms with Crippen LogP contribution in [0, 0.1) is 0 Å². The van der Waals surface area contributed by atoms with Gasteiger partial charge in [0.05, 0.1) is 15.7 Å². The molecule has 0 atom stereocenters. The van der Waals surface area contributed by atoms with E-state index in [0.29, 0.717) is 10.0 Å². The second-order valence-electron chi connectivity index (χ2n) is 4.51. The van der Waals surface area contributed by atoms with Gasteiger partial charge >= 0.3 is 0 Å². The molecule has 1 aromatic carbocycles. The van der Waals surface area contributed by atoms with Crippen LogP contribution >= 0.6 is 23.2 Å². The fraction of sp³-hybridized carbons (Fsp3) is 0.308. The van der Waals surface area contributed by atoms with Gasteiger partial charge in [-0.1, -0.05) is 29.3 Å². The van der Waals surface area contributed by atoms with Crippen molar-refractivity contribution in [3.8, 4) is 11.3 Å². The maximum Gasteiger partial charge on any atom is 0.151 e. The molecular formula is C13H14Cl2N4. The Balaban J connectivity index is 1.85. The molecule has 2 N–H and O–H groups in total. The molecule has 19 heavy (non-hydrogen) atoms. The fourth-order valence-electron chi connectivity index (χ4n) is 2.18. The molecule has 0 unspecified atom stereocenters. The number of piperazine rings is 1. The van der Waals surface area contributed by atoms with E-state index < -0.39 is 0 Å². The summed E-state index contributed by atoms with van der Waals surface area (Å²) in [5, 5.41) is 11.9. The van der Waals surface area contributed by atoms with Crippen LogP contribution in [-0.2, 0) is 0 Å². The van der Waals surface area contributed by atoms with E-state index in [0.717, 1.165) is 43.3 Å². The average molecular weight is 297 g/mol. The predicted molar refractivity (Wildman–Crippen MR) is 79.1 cm³/mol. The van der Waals surface area contributed by atoms with Crippen molar-refractivity contribution in [3.05, 3.63) is 34.3 Å². The molecule has 0 bridgehead atoms. The molecule has 1 aromatic heterocycles. The van der Waals surface area contributed by atoms with E-state index in [2.05, 4.69) is 20.4 Å². The normalized spacial score (nSPS) is 15.8. The third-order valence-corrected chi connectivity index (χ3v) is 3.97. The highest BCUT2D eigenvalue weighted by molar-refractivity contribution is 6.42. The monoisotopic (exact) mass is 296 g/mol. The molecule has 1 fully saturated rings. The van der Waals surface area contributed by atoms with Gasteiger partial charge in [-0.25, -0.2) is 0 Å². The average Bonchev–Trinajstić information content (AvgIpc) is 2.93. The van der Waals surface area contributed by atoms with Gasteiger partial charge in [0.1, 0.15) is 0 Å². The summed E-state index contributed by atoms with van der Waals surface area (Å²) in [6.45, 7) is 3.95. The Bertz CT molecular complexity index is 576. The molecule has 2 aromatic rings. The first-order valence-electron chi connectivity index (χ1n) is 6.20. The number of anilines is 1. The second kappa shape index (κ2) is 5.41. The lowest BCUT2D eigenvalue weighted by molar-refractivity contribution is 0.584. The Kier molecular flexibility index (Phi) is 3.64. The van der Waals surface area contributed by atoms with Gasteiger partial charge in [-0.2, -0.15) is 5.10 Å². The van der Waals surface area contributed by atoms with E-state index >= 15 is 0 Å². The molecule has 0 aliphatic carbocycles. The number of halogens is 2. The minimum absolute atomic E-state index is 0.553. The molecule has 0 radical (unpaired) electrons. The molecule has 2 heterocycles. The van der Waals surface area contributed by atoms with Crippen molar-refractivity contribution in [2.45, 2.75) is 0 Å². The molecule has 1 saturated heterocycles. The molecule has 4 nitrogen and oxygen atoms in total. The Morgan fingerprint density at radius 3 is 2.58 bits per heavy atom. The molecule has 0 spiro atoms. The summed E-state index contributed by atoms with van der Waals surface area (Å²) in [5.41, 5.74) is 1.94. The van der Waals surface area contributed by atoms with E-state index in [1.165, 1.54) is 0 Å². The number of aromatic amines is 1. The van der Waals surface area contributed by atoms with E-state index in [4.69, 9.17) is 23.2 Å². The Hall–Kier alpha value is -1.23. The summed E-state index contributed by atoms with van der Waals surface area (Å²) in [5.74, 6) is 0.975. The number of H-pyrrole nitrogens is 1. The topological polar surface area (TPSA) is 44.0 Å². The standard InChI is InChI=1S/C13H14Cl2N4/c14-10-2-1-9(7-11(10)15)12-8-13(18-17-12)19-5-3-16-4-6-19/h1-2,7-8,16H,3-6H2,(H,17,18). The van der Waals surface area contributed by atoms with Gasteiger partial charge in [0.25, 0.3) is 0 Å². The van der Waals surface area contributed by atoms with Crippen LogP contribution in [0.2, 0.25) is 10.0 Å². The zero-order valence-electron chi connectivity index (χ0n) is 10.3. The quantitative estimate of drug-likeness (QED) is 0.896. The van der Waals surface area contributed by atoms with Gasteiger partial charge in [0.15, 0.2) is 5.82 Å². The predicted octanol–water partition coefficient (Wildman–Crippen LogP) is 2.79. The molecular weight excluding hydrogens is 283 g/mol. The van der Waals surface area contributed by atoms with E-state index in [1.54, 1.807) is 6.07 Å². The lowest BCUT2D eigenvalue weighted by atomic mass is 10.1. The first-order chi connectivity index (χ1) is 9.24. The fourth-order valence-corrected chi connectivity index (χ4v) is 2.48. The van der Waals surface area contributed by atoms with Gasteiger partial charge in [-0.15, -0.1) is 0 Å². The Morgan fingerprint density at radius 2 is 1.84 bits per heavy atom. The van der Waals surface area contributed by atoms with Gasteiger partial charge in [-0.05, 0) is 12.1 Å². The molecule has 1 aliphatic rings. The van der Waals surface area contributed by atoms with Crippen LogP contribution in [0.4, 0.5) is 5.82 Å². The van der Waals surface area contributed by atoms with Crippen molar-refractivity contribution in [1.29, 1.82) is 0 Å².